The molecule has 0 spiro atoms. The molecule has 0 saturated heterocycles. The third kappa shape index (κ3) is 4.24. The number of carbonyl (C=O) groups excluding carboxylic acids is 1. The Morgan fingerprint density at radius 3 is 2.23 bits per heavy atom. The molecule has 9 heteroatoms. The average molecular weight is 413 g/mol. The van der Waals surface area contributed by atoms with Crippen LogP contribution in [0.1, 0.15) is 16.1 Å². The van der Waals surface area contributed by atoms with E-state index in [0.717, 1.165) is 6.07 Å². The molecular weight excluding hydrogens is 393 g/mol. The highest BCUT2D eigenvalue weighted by Crippen LogP contribution is 2.26. The standard InChI is InChI=1S/C21H20FN3O5/c1-12-5-6-17(16(22)7-12)23-21(27)20-18(26)11-19(30-4)25(24-20)13-8-14(28-2)10-15(9-13)29-3/h5-11H,1-4H3,(H,23,27). The second-order valence-electron chi connectivity index (χ2n) is 6.32. The molecule has 1 heterocycles. The first-order chi connectivity index (χ1) is 14.4. The number of hydrogen-bond acceptors (Lipinski definition) is 6. The van der Waals surface area contributed by atoms with Crippen molar-refractivity contribution in [2.24, 2.45) is 0 Å². The molecule has 0 aliphatic rings. The van der Waals surface area contributed by atoms with Gasteiger partial charge < -0.3 is 19.5 Å². The Kier molecular flexibility index (Phi) is 6.01. The van der Waals surface area contributed by atoms with E-state index in [9.17, 15) is 14.0 Å². The first kappa shape index (κ1) is 20.8. The number of amides is 1. The number of rotatable bonds is 6. The summed E-state index contributed by atoms with van der Waals surface area (Å²) in [4.78, 5) is 25.1. The molecule has 2 aromatic carbocycles. The monoisotopic (exact) mass is 413 g/mol. The quantitative estimate of drug-likeness (QED) is 0.668. The lowest BCUT2D eigenvalue weighted by Crippen LogP contribution is -2.26. The van der Waals surface area contributed by atoms with Gasteiger partial charge in [0.05, 0.1) is 38.8 Å². The number of aryl methyl sites for hydroxylation is 1. The van der Waals surface area contributed by atoms with Gasteiger partial charge in [-0.2, -0.15) is 9.78 Å². The van der Waals surface area contributed by atoms with Crippen LogP contribution in [0.15, 0.2) is 47.3 Å². The number of methoxy groups -OCH3 is 3. The Bertz CT molecular complexity index is 1140. The zero-order valence-corrected chi connectivity index (χ0v) is 16.9. The Balaban J connectivity index is 2.07. The fourth-order valence-corrected chi connectivity index (χ4v) is 2.75. The van der Waals surface area contributed by atoms with Gasteiger partial charge in [0.15, 0.2) is 5.69 Å². The van der Waals surface area contributed by atoms with Crippen LogP contribution in [0.4, 0.5) is 10.1 Å². The van der Waals surface area contributed by atoms with E-state index in [4.69, 9.17) is 14.2 Å². The Morgan fingerprint density at radius 1 is 1.00 bits per heavy atom. The number of nitrogens with one attached hydrogen (secondary N) is 1. The highest BCUT2D eigenvalue weighted by molar-refractivity contribution is 6.02. The fraction of sp³-hybridized carbons (Fsp3) is 0.190. The van der Waals surface area contributed by atoms with E-state index < -0.39 is 22.8 Å². The van der Waals surface area contributed by atoms with Crippen LogP contribution < -0.4 is 25.0 Å². The number of aromatic nitrogens is 2. The van der Waals surface area contributed by atoms with Gasteiger partial charge >= 0.3 is 0 Å². The summed E-state index contributed by atoms with van der Waals surface area (Å²) in [5.74, 6) is -0.434. The minimum absolute atomic E-state index is 0.0581. The van der Waals surface area contributed by atoms with Crippen LogP contribution >= 0.6 is 0 Å². The molecule has 1 N–H and O–H groups in total. The number of anilines is 1. The van der Waals surface area contributed by atoms with Gasteiger partial charge in [-0.1, -0.05) is 6.07 Å². The van der Waals surface area contributed by atoms with E-state index in [1.807, 2.05) is 0 Å². The lowest BCUT2D eigenvalue weighted by Gasteiger charge is -2.14. The third-order valence-electron chi connectivity index (χ3n) is 4.27. The number of halogens is 1. The van der Waals surface area contributed by atoms with Gasteiger partial charge in [-0.15, -0.1) is 0 Å². The van der Waals surface area contributed by atoms with Crippen molar-refractivity contribution in [3.05, 3.63) is 69.8 Å². The minimum atomic E-state index is -0.853. The van der Waals surface area contributed by atoms with Crippen molar-refractivity contribution >= 4 is 11.6 Å². The van der Waals surface area contributed by atoms with Crippen LogP contribution in [0.5, 0.6) is 17.4 Å². The van der Waals surface area contributed by atoms with Crippen molar-refractivity contribution in [3.8, 4) is 23.1 Å². The van der Waals surface area contributed by atoms with Crippen molar-refractivity contribution < 1.29 is 23.4 Å². The lowest BCUT2D eigenvalue weighted by atomic mass is 10.2. The summed E-state index contributed by atoms with van der Waals surface area (Å²) in [6.07, 6.45) is 0. The van der Waals surface area contributed by atoms with Gasteiger partial charge in [-0.05, 0) is 24.6 Å². The molecule has 3 aromatic rings. The molecule has 0 radical (unpaired) electrons. The molecule has 1 aromatic heterocycles. The summed E-state index contributed by atoms with van der Waals surface area (Å²) in [6.45, 7) is 1.72. The second kappa shape index (κ2) is 8.64. The third-order valence-corrected chi connectivity index (χ3v) is 4.27. The molecule has 8 nitrogen and oxygen atoms in total. The smallest absolute Gasteiger partial charge is 0.280 e. The van der Waals surface area contributed by atoms with Gasteiger partial charge in [-0.3, -0.25) is 9.59 Å². The molecular formula is C21H20FN3O5. The van der Waals surface area contributed by atoms with Gasteiger partial charge in [0, 0.05) is 18.2 Å². The second-order valence-corrected chi connectivity index (χ2v) is 6.32. The molecule has 0 bridgehead atoms. The van der Waals surface area contributed by atoms with E-state index in [2.05, 4.69) is 10.4 Å². The molecule has 0 fully saturated rings. The zero-order chi connectivity index (χ0) is 21.8. The highest BCUT2D eigenvalue weighted by atomic mass is 19.1. The SMILES string of the molecule is COc1cc(OC)cc(-n2nc(C(=O)Nc3ccc(C)cc3F)c(=O)cc2OC)c1. The number of carbonyl (C=O) groups is 1. The summed E-state index contributed by atoms with van der Waals surface area (Å²) in [7, 11) is 4.35. The van der Waals surface area contributed by atoms with Gasteiger partial charge in [0.2, 0.25) is 11.3 Å². The van der Waals surface area contributed by atoms with E-state index in [0.29, 0.717) is 22.7 Å². The van der Waals surface area contributed by atoms with Gasteiger partial charge in [0.1, 0.15) is 17.3 Å². The summed E-state index contributed by atoms with van der Waals surface area (Å²) in [5.41, 5.74) is -0.0428. The first-order valence-electron chi connectivity index (χ1n) is 8.85. The van der Waals surface area contributed by atoms with Crippen molar-refractivity contribution in [2.45, 2.75) is 6.92 Å². The highest BCUT2D eigenvalue weighted by Gasteiger charge is 2.19. The van der Waals surface area contributed by atoms with E-state index in [1.165, 1.54) is 38.1 Å². The molecule has 0 saturated carbocycles. The maximum absolute atomic E-state index is 14.1. The van der Waals surface area contributed by atoms with Crippen LogP contribution in [0.2, 0.25) is 0 Å². The van der Waals surface area contributed by atoms with Crippen LogP contribution in [-0.2, 0) is 0 Å². The molecule has 1 amide bonds. The largest absolute Gasteiger partial charge is 0.497 e. The van der Waals surface area contributed by atoms with E-state index >= 15 is 0 Å². The number of hydrogen-bond donors (Lipinski definition) is 1. The minimum Gasteiger partial charge on any atom is -0.497 e. The fourth-order valence-electron chi connectivity index (χ4n) is 2.75. The van der Waals surface area contributed by atoms with E-state index in [1.54, 1.807) is 31.2 Å². The molecule has 0 aliphatic carbocycles. The topological polar surface area (TPSA) is 91.7 Å². The van der Waals surface area contributed by atoms with Crippen molar-refractivity contribution in [2.75, 3.05) is 26.6 Å². The van der Waals surface area contributed by atoms with Crippen molar-refractivity contribution in [3.63, 3.8) is 0 Å². The number of ether oxygens (including phenoxy) is 3. The van der Waals surface area contributed by atoms with Crippen LogP contribution in [0, 0.1) is 12.7 Å². The molecule has 3 rings (SSSR count). The molecule has 0 unspecified atom stereocenters. The average Bonchev–Trinajstić information content (AvgIpc) is 2.74. The normalized spacial score (nSPS) is 10.4. The van der Waals surface area contributed by atoms with Crippen molar-refractivity contribution in [1.29, 1.82) is 0 Å². The van der Waals surface area contributed by atoms with Gasteiger partial charge in [-0.25, -0.2) is 4.39 Å². The van der Waals surface area contributed by atoms with Gasteiger partial charge in [0.25, 0.3) is 5.91 Å². The maximum Gasteiger partial charge on any atom is 0.280 e. The molecule has 156 valence electrons. The number of benzene rings is 2. The summed E-state index contributed by atoms with van der Waals surface area (Å²) < 4.78 is 31.1. The summed E-state index contributed by atoms with van der Waals surface area (Å²) in [6, 6.07) is 10.4. The summed E-state index contributed by atoms with van der Waals surface area (Å²) >= 11 is 0. The lowest BCUT2D eigenvalue weighted by molar-refractivity contribution is 0.101. The maximum atomic E-state index is 14.1. The number of nitrogens with zero attached hydrogens (tertiary/aromatic N) is 2. The molecule has 0 aliphatic heterocycles. The Labute approximate surface area is 171 Å². The predicted octanol–water partition coefficient (Wildman–Crippen LogP) is 2.96. The van der Waals surface area contributed by atoms with Crippen LogP contribution in [0.25, 0.3) is 5.69 Å². The summed E-state index contributed by atoms with van der Waals surface area (Å²) in [5, 5.41) is 6.52. The Morgan fingerprint density at radius 2 is 1.67 bits per heavy atom. The molecule has 0 atom stereocenters. The van der Waals surface area contributed by atoms with Crippen LogP contribution in [0.3, 0.4) is 0 Å². The Hall–Kier alpha value is -3.88. The first-order valence-corrected chi connectivity index (χ1v) is 8.85. The van der Waals surface area contributed by atoms with Crippen molar-refractivity contribution in [1.82, 2.24) is 9.78 Å². The van der Waals surface area contributed by atoms with E-state index in [-0.39, 0.29) is 11.6 Å². The zero-order valence-electron chi connectivity index (χ0n) is 16.9. The molecule has 30 heavy (non-hydrogen) atoms. The predicted molar refractivity (Wildman–Crippen MR) is 109 cm³/mol. The van der Waals surface area contributed by atoms with Crippen LogP contribution in [-0.4, -0.2) is 37.0 Å².